The zero-order chi connectivity index (χ0) is 11.5. The zero-order valence-electron chi connectivity index (χ0n) is 8.85. The Labute approximate surface area is 98.3 Å². The Bertz CT molecular complexity index is 549. The smallest absolute Gasteiger partial charge is 0.266 e. The van der Waals surface area contributed by atoms with Gasteiger partial charge < -0.3 is 0 Å². The van der Waals surface area contributed by atoms with Crippen LogP contribution < -0.4 is 5.56 Å². The Morgan fingerprint density at radius 1 is 1.31 bits per heavy atom. The Morgan fingerprint density at radius 3 is 2.62 bits per heavy atom. The minimum atomic E-state index is -0.271. The van der Waals surface area contributed by atoms with Gasteiger partial charge in [-0.2, -0.15) is 9.78 Å². The van der Waals surface area contributed by atoms with E-state index in [9.17, 15) is 4.79 Å². The molecule has 0 amide bonds. The molecular weight excluding hydrogens is 224 g/mol. The average Bonchev–Trinajstić information content (AvgIpc) is 2.34. The molecule has 2 rings (SSSR count). The molecule has 0 bridgehead atoms. The summed E-state index contributed by atoms with van der Waals surface area (Å²) in [6, 6.07) is 9.22. The van der Waals surface area contributed by atoms with Crippen LogP contribution >= 0.6 is 11.6 Å². The number of hydrogen-bond acceptors (Lipinski definition) is 2. The van der Waals surface area contributed by atoms with Crippen LogP contribution in [0.4, 0.5) is 0 Å². The van der Waals surface area contributed by atoms with Crippen molar-refractivity contribution in [3.8, 4) is 5.69 Å². The Kier molecular flexibility index (Phi) is 3.06. The van der Waals surface area contributed by atoms with Gasteiger partial charge in [0.05, 0.1) is 11.9 Å². The number of aryl methyl sites for hydroxylation is 1. The monoisotopic (exact) mass is 234 g/mol. The van der Waals surface area contributed by atoms with Gasteiger partial charge in [-0.05, 0) is 24.1 Å². The van der Waals surface area contributed by atoms with Gasteiger partial charge in [0.25, 0.3) is 5.56 Å². The minimum absolute atomic E-state index is 0.251. The summed E-state index contributed by atoms with van der Waals surface area (Å²) in [5.41, 5.74) is 1.23. The fourth-order valence-corrected chi connectivity index (χ4v) is 1.73. The number of aromatic nitrogens is 2. The largest absolute Gasteiger partial charge is 0.290 e. The van der Waals surface area contributed by atoms with Crippen molar-refractivity contribution in [2.45, 2.75) is 13.3 Å². The molecule has 0 aliphatic carbocycles. The summed E-state index contributed by atoms with van der Waals surface area (Å²) in [5.74, 6) is 0. The van der Waals surface area contributed by atoms with Crippen molar-refractivity contribution in [2.75, 3.05) is 0 Å². The Balaban J connectivity index is 2.61. The first-order valence-electron chi connectivity index (χ1n) is 5.06. The van der Waals surface area contributed by atoms with Crippen LogP contribution in [0.1, 0.15) is 12.5 Å². The molecule has 0 fully saturated rings. The summed E-state index contributed by atoms with van der Waals surface area (Å²) in [6.45, 7) is 1.94. The lowest BCUT2D eigenvalue weighted by Crippen LogP contribution is -2.22. The summed E-state index contributed by atoms with van der Waals surface area (Å²) in [4.78, 5) is 11.9. The van der Waals surface area contributed by atoms with E-state index < -0.39 is 0 Å². The molecule has 0 aliphatic heterocycles. The fourth-order valence-electron chi connectivity index (χ4n) is 1.47. The van der Waals surface area contributed by atoms with Crippen molar-refractivity contribution >= 4 is 11.6 Å². The van der Waals surface area contributed by atoms with E-state index in [0.717, 1.165) is 11.3 Å². The maximum atomic E-state index is 11.9. The lowest BCUT2D eigenvalue weighted by atomic mass is 10.2. The molecule has 0 saturated heterocycles. The van der Waals surface area contributed by atoms with Crippen LogP contribution in [0.2, 0.25) is 5.02 Å². The lowest BCUT2D eigenvalue weighted by molar-refractivity contribution is 0.794. The second-order valence-electron chi connectivity index (χ2n) is 3.39. The van der Waals surface area contributed by atoms with Gasteiger partial charge in [0.2, 0.25) is 0 Å². The highest BCUT2D eigenvalue weighted by Crippen LogP contribution is 2.11. The molecule has 0 radical (unpaired) electrons. The van der Waals surface area contributed by atoms with Gasteiger partial charge in [-0.25, -0.2) is 0 Å². The molecular formula is C12H11ClN2O. The van der Waals surface area contributed by atoms with E-state index in [2.05, 4.69) is 5.10 Å². The molecule has 4 heteroatoms. The van der Waals surface area contributed by atoms with Crippen molar-refractivity contribution in [3.63, 3.8) is 0 Å². The SMILES string of the molecule is CCc1cnn(-c2ccccc2)c(=O)c1Cl. The number of hydrogen-bond donors (Lipinski definition) is 0. The first-order chi connectivity index (χ1) is 7.74. The quantitative estimate of drug-likeness (QED) is 0.800. The van der Waals surface area contributed by atoms with Crippen LogP contribution in [-0.2, 0) is 6.42 Å². The molecule has 0 unspecified atom stereocenters. The van der Waals surface area contributed by atoms with E-state index in [1.807, 2.05) is 37.3 Å². The van der Waals surface area contributed by atoms with Crippen molar-refractivity contribution in [2.24, 2.45) is 0 Å². The number of benzene rings is 1. The maximum absolute atomic E-state index is 11.9. The zero-order valence-corrected chi connectivity index (χ0v) is 9.61. The fraction of sp³-hybridized carbons (Fsp3) is 0.167. The van der Waals surface area contributed by atoms with E-state index in [-0.39, 0.29) is 10.6 Å². The molecule has 2 aromatic rings. The van der Waals surface area contributed by atoms with E-state index in [4.69, 9.17) is 11.6 Å². The average molecular weight is 235 g/mol. The Hall–Kier alpha value is -1.61. The van der Waals surface area contributed by atoms with Crippen molar-refractivity contribution in [1.82, 2.24) is 9.78 Å². The van der Waals surface area contributed by atoms with E-state index in [1.54, 1.807) is 6.20 Å². The maximum Gasteiger partial charge on any atom is 0.290 e. The Morgan fingerprint density at radius 2 is 2.00 bits per heavy atom. The summed E-state index contributed by atoms with van der Waals surface area (Å²) < 4.78 is 1.31. The highest BCUT2D eigenvalue weighted by molar-refractivity contribution is 6.31. The summed E-state index contributed by atoms with van der Waals surface area (Å²) in [6.07, 6.45) is 2.34. The summed E-state index contributed by atoms with van der Waals surface area (Å²) in [7, 11) is 0. The predicted octanol–water partition coefficient (Wildman–Crippen LogP) is 2.45. The highest BCUT2D eigenvalue weighted by Gasteiger charge is 2.08. The van der Waals surface area contributed by atoms with Gasteiger partial charge in [0.1, 0.15) is 5.02 Å². The first-order valence-corrected chi connectivity index (χ1v) is 5.44. The molecule has 0 spiro atoms. The topological polar surface area (TPSA) is 34.9 Å². The normalized spacial score (nSPS) is 10.4. The van der Waals surface area contributed by atoms with Gasteiger partial charge in [-0.3, -0.25) is 4.79 Å². The molecule has 82 valence electrons. The van der Waals surface area contributed by atoms with E-state index >= 15 is 0 Å². The van der Waals surface area contributed by atoms with Crippen molar-refractivity contribution in [3.05, 3.63) is 57.5 Å². The molecule has 0 atom stereocenters. The lowest BCUT2D eigenvalue weighted by Gasteiger charge is -2.06. The third kappa shape index (κ3) is 1.86. The third-order valence-corrected chi connectivity index (χ3v) is 2.78. The van der Waals surface area contributed by atoms with Crippen LogP contribution in [0, 0.1) is 0 Å². The molecule has 1 aromatic heterocycles. The van der Waals surface area contributed by atoms with Crippen molar-refractivity contribution in [1.29, 1.82) is 0 Å². The third-order valence-electron chi connectivity index (χ3n) is 2.37. The van der Waals surface area contributed by atoms with Crippen LogP contribution in [0.3, 0.4) is 0 Å². The molecule has 0 aliphatic rings. The second-order valence-corrected chi connectivity index (χ2v) is 3.77. The highest BCUT2D eigenvalue weighted by atomic mass is 35.5. The summed E-state index contributed by atoms with van der Waals surface area (Å²) in [5, 5.41) is 4.35. The standard InChI is InChI=1S/C12H11ClN2O/c1-2-9-8-14-15(12(16)11(9)13)10-6-4-3-5-7-10/h3-8H,2H2,1H3. The van der Waals surface area contributed by atoms with Crippen LogP contribution in [0.5, 0.6) is 0 Å². The van der Waals surface area contributed by atoms with E-state index in [0.29, 0.717) is 6.42 Å². The molecule has 3 nitrogen and oxygen atoms in total. The van der Waals surface area contributed by atoms with Gasteiger partial charge in [0.15, 0.2) is 0 Å². The minimum Gasteiger partial charge on any atom is -0.266 e. The second kappa shape index (κ2) is 4.49. The molecule has 0 N–H and O–H groups in total. The molecule has 1 aromatic carbocycles. The predicted molar refractivity (Wildman–Crippen MR) is 64.2 cm³/mol. The summed E-state index contributed by atoms with van der Waals surface area (Å²) >= 11 is 5.98. The van der Waals surface area contributed by atoms with Gasteiger partial charge >= 0.3 is 0 Å². The van der Waals surface area contributed by atoms with Gasteiger partial charge in [-0.15, -0.1) is 0 Å². The van der Waals surface area contributed by atoms with Crippen LogP contribution in [0.25, 0.3) is 5.69 Å². The van der Waals surface area contributed by atoms with Gasteiger partial charge in [0, 0.05) is 0 Å². The van der Waals surface area contributed by atoms with Gasteiger partial charge in [-0.1, -0.05) is 36.7 Å². The van der Waals surface area contributed by atoms with Crippen LogP contribution in [-0.4, -0.2) is 9.78 Å². The molecule has 0 saturated carbocycles. The first kappa shape index (κ1) is 10.9. The number of nitrogens with zero attached hydrogens (tertiary/aromatic N) is 2. The number of para-hydroxylation sites is 1. The molecule has 1 heterocycles. The number of rotatable bonds is 2. The van der Waals surface area contributed by atoms with E-state index in [1.165, 1.54) is 4.68 Å². The van der Waals surface area contributed by atoms with Crippen LogP contribution in [0.15, 0.2) is 41.3 Å². The number of halogens is 1. The van der Waals surface area contributed by atoms with Crippen molar-refractivity contribution < 1.29 is 0 Å². The molecule has 16 heavy (non-hydrogen) atoms.